The van der Waals surface area contributed by atoms with Crippen LogP contribution in [-0.4, -0.2) is 69.0 Å². The lowest BCUT2D eigenvalue weighted by molar-refractivity contribution is 0.0906. The molecule has 2 aliphatic rings. The third kappa shape index (κ3) is 4.89. The first-order valence-electron chi connectivity index (χ1n) is 13.3. The average molecular weight is 500 g/mol. The molecule has 192 valence electrons. The van der Waals surface area contributed by atoms with Gasteiger partial charge in [0.05, 0.1) is 12.6 Å². The van der Waals surface area contributed by atoms with Gasteiger partial charge < -0.3 is 14.6 Å². The second-order valence-electron chi connectivity index (χ2n) is 9.94. The molecule has 1 N–H and O–H groups in total. The highest BCUT2D eigenvalue weighted by atomic mass is 16.5. The Kier molecular flexibility index (Phi) is 6.72. The third-order valence-electron chi connectivity index (χ3n) is 7.65. The van der Waals surface area contributed by atoms with E-state index in [-0.39, 0.29) is 17.7 Å². The molecule has 0 amide bonds. The van der Waals surface area contributed by atoms with Crippen molar-refractivity contribution in [2.24, 2.45) is 0 Å². The SMILES string of the molecule is CCc1ccc2[nH]c(=O)c([C@@H](c3nnnn3C[C@H]3CCCO3)N3CCN(c4ccccc4)CC3)cc2c1. The number of ether oxygens (including phenoxy) is 1. The molecule has 37 heavy (non-hydrogen) atoms. The summed E-state index contributed by atoms with van der Waals surface area (Å²) in [5.41, 5.74) is 3.88. The number of tetrazole rings is 1. The number of H-pyrrole nitrogens is 1. The monoisotopic (exact) mass is 499 g/mol. The van der Waals surface area contributed by atoms with E-state index in [0.29, 0.717) is 17.9 Å². The number of nitrogens with zero attached hydrogens (tertiary/aromatic N) is 6. The van der Waals surface area contributed by atoms with E-state index in [1.54, 1.807) is 0 Å². The van der Waals surface area contributed by atoms with Crippen LogP contribution in [0.2, 0.25) is 0 Å². The molecule has 2 aromatic heterocycles. The lowest BCUT2D eigenvalue weighted by Crippen LogP contribution is -2.49. The summed E-state index contributed by atoms with van der Waals surface area (Å²) in [4.78, 5) is 21.4. The number of hydrogen-bond donors (Lipinski definition) is 1. The van der Waals surface area contributed by atoms with Crippen LogP contribution in [0.15, 0.2) is 59.4 Å². The molecule has 2 fully saturated rings. The molecule has 2 saturated heterocycles. The van der Waals surface area contributed by atoms with E-state index in [9.17, 15) is 4.79 Å². The molecule has 2 atom stereocenters. The van der Waals surface area contributed by atoms with Crippen LogP contribution in [0.3, 0.4) is 0 Å². The molecule has 2 aromatic carbocycles. The van der Waals surface area contributed by atoms with E-state index in [1.165, 1.54) is 11.3 Å². The number of fused-ring (bicyclic) bond motifs is 1. The Hall–Kier alpha value is -3.56. The van der Waals surface area contributed by atoms with Gasteiger partial charge >= 0.3 is 0 Å². The summed E-state index contributed by atoms with van der Waals surface area (Å²) in [5, 5.41) is 13.9. The highest BCUT2D eigenvalue weighted by Crippen LogP contribution is 2.29. The van der Waals surface area contributed by atoms with Gasteiger partial charge in [-0.25, -0.2) is 4.68 Å². The van der Waals surface area contributed by atoms with E-state index in [1.807, 2.05) is 22.9 Å². The van der Waals surface area contributed by atoms with Crippen molar-refractivity contribution in [3.8, 4) is 0 Å². The number of nitrogens with one attached hydrogen (secondary N) is 1. The van der Waals surface area contributed by atoms with Crippen molar-refractivity contribution in [1.82, 2.24) is 30.1 Å². The summed E-state index contributed by atoms with van der Waals surface area (Å²) < 4.78 is 7.72. The maximum Gasteiger partial charge on any atom is 0.253 e. The van der Waals surface area contributed by atoms with Gasteiger partial charge in [0.25, 0.3) is 5.56 Å². The lowest BCUT2D eigenvalue weighted by Gasteiger charge is -2.39. The first kappa shape index (κ1) is 23.8. The summed E-state index contributed by atoms with van der Waals surface area (Å²) in [6.07, 6.45) is 3.09. The van der Waals surface area contributed by atoms with Crippen LogP contribution in [-0.2, 0) is 17.7 Å². The Bertz CT molecular complexity index is 1400. The molecule has 0 spiro atoms. The van der Waals surface area contributed by atoms with Gasteiger partial charge in [-0.05, 0) is 71.0 Å². The number of benzene rings is 2. The molecule has 9 nitrogen and oxygen atoms in total. The topological polar surface area (TPSA) is 92.2 Å². The van der Waals surface area contributed by atoms with Crippen LogP contribution in [0.1, 0.15) is 42.8 Å². The van der Waals surface area contributed by atoms with Gasteiger partial charge in [-0.3, -0.25) is 9.69 Å². The molecular weight excluding hydrogens is 466 g/mol. The van der Waals surface area contributed by atoms with Crippen molar-refractivity contribution >= 4 is 16.6 Å². The largest absolute Gasteiger partial charge is 0.376 e. The quantitative estimate of drug-likeness (QED) is 0.418. The number of pyridine rings is 1. The average Bonchev–Trinajstić information content (AvgIpc) is 3.63. The minimum absolute atomic E-state index is 0.0971. The number of aromatic nitrogens is 5. The smallest absolute Gasteiger partial charge is 0.253 e. The molecule has 0 radical (unpaired) electrons. The molecule has 0 unspecified atom stereocenters. The first-order chi connectivity index (χ1) is 18.2. The Morgan fingerprint density at radius 3 is 2.68 bits per heavy atom. The van der Waals surface area contributed by atoms with Crippen LogP contribution in [0.25, 0.3) is 10.9 Å². The van der Waals surface area contributed by atoms with Gasteiger partial charge in [0.2, 0.25) is 0 Å². The number of piperazine rings is 1. The predicted octanol–water partition coefficient (Wildman–Crippen LogP) is 3.17. The van der Waals surface area contributed by atoms with E-state index in [4.69, 9.17) is 4.74 Å². The first-order valence-corrected chi connectivity index (χ1v) is 13.3. The van der Waals surface area contributed by atoms with Gasteiger partial charge in [0.1, 0.15) is 6.04 Å². The number of rotatable bonds is 7. The molecular formula is C28H33N7O2. The van der Waals surface area contributed by atoms with Crippen molar-refractivity contribution in [3.63, 3.8) is 0 Å². The third-order valence-corrected chi connectivity index (χ3v) is 7.65. The highest BCUT2D eigenvalue weighted by Gasteiger charge is 2.33. The van der Waals surface area contributed by atoms with Crippen molar-refractivity contribution < 1.29 is 4.74 Å². The zero-order valence-electron chi connectivity index (χ0n) is 21.2. The molecule has 0 bridgehead atoms. The van der Waals surface area contributed by atoms with Crippen LogP contribution in [0.5, 0.6) is 0 Å². The highest BCUT2D eigenvalue weighted by molar-refractivity contribution is 5.80. The van der Waals surface area contributed by atoms with Crippen LogP contribution in [0, 0.1) is 0 Å². The Balaban J connectivity index is 1.38. The summed E-state index contributed by atoms with van der Waals surface area (Å²) in [7, 11) is 0. The van der Waals surface area contributed by atoms with Crippen LogP contribution >= 0.6 is 0 Å². The number of anilines is 1. The molecule has 2 aliphatic heterocycles. The van der Waals surface area contributed by atoms with E-state index >= 15 is 0 Å². The van der Waals surface area contributed by atoms with Gasteiger partial charge in [0, 0.05) is 49.6 Å². The summed E-state index contributed by atoms with van der Waals surface area (Å²) >= 11 is 0. The maximum atomic E-state index is 13.5. The predicted molar refractivity (Wildman–Crippen MR) is 143 cm³/mol. The molecule has 0 saturated carbocycles. The minimum atomic E-state index is -0.354. The molecule has 9 heteroatoms. The fourth-order valence-corrected chi connectivity index (χ4v) is 5.59. The van der Waals surface area contributed by atoms with Gasteiger partial charge in [-0.15, -0.1) is 5.10 Å². The maximum absolute atomic E-state index is 13.5. The van der Waals surface area contributed by atoms with Crippen LogP contribution in [0.4, 0.5) is 5.69 Å². The van der Waals surface area contributed by atoms with Crippen LogP contribution < -0.4 is 10.5 Å². The Morgan fingerprint density at radius 2 is 1.92 bits per heavy atom. The lowest BCUT2D eigenvalue weighted by atomic mass is 10.0. The number of para-hydroxylation sites is 1. The molecule has 4 aromatic rings. The van der Waals surface area contributed by atoms with Crippen molar-refractivity contribution in [2.75, 3.05) is 37.7 Å². The second kappa shape index (κ2) is 10.4. The summed E-state index contributed by atoms with van der Waals surface area (Å²) in [5.74, 6) is 0.695. The van der Waals surface area contributed by atoms with Crippen molar-refractivity contribution in [3.05, 3.63) is 81.9 Å². The summed E-state index contributed by atoms with van der Waals surface area (Å²) in [6, 6.07) is 18.4. The van der Waals surface area contributed by atoms with E-state index < -0.39 is 0 Å². The number of aryl methyl sites for hydroxylation is 1. The van der Waals surface area contributed by atoms with E-state index in [0.717, 1.165) is 63.0 Å². The summed E-state index contributed by atoms with van der Waals surface area (Å²) in [6.45, 7) is 6.81. The molecule has 6 rings (SSSR count). The van der Waals surface area contributed by atoms with Gasteiger partial charge in [0.15, 0.2) is 5.82 Å². The standard InChI is InChI=1S/C28H33N7O2/c1-2-20-10-11-25-21(17-20)18-24(28(36)29-25)26(27-30-31-32-35(27)19-23-9-6-16-37-23)34-14-12-33(13-15-34)22-7-4-3-5-8-22/h3-5,7-8,10-11,17-18,23,26H,2,6,9,12-16,19H2,1H3,(H,29,36)/t23-,26+/m1/s1. The fraction of sp³-hybridized carbons (Fsp3) is 0.429. The minimum Gasteiger partial charge on any atom is -0.376 e. The second-order valence-corrected chi connectivity index (χ2v) is 9.94. The molecule has 0 aliphatic carbocycles. The number of hydrogen-bond acceptors (Lipinski definition) is 7. The van der Waals surface area contributed by atoms with Gasteiger partial charge in [-0.1, -0.05) is 31.2 Å². The zero-order valence-corrected chi connectivity index (χ0v) is 21.2. The van der Waals surface area contributed by atoms with Crippen molar-refractivity contribution in [2.45, 2.75) is 44.9 Å². The van der Waals surface area contributed by atoms with Gasteiger partial charge in [-0.2, -0.15) is 0 Å². The Labute approximate surface area is 216 Å². The fourth-order valence-electron chi connectivity index (χ4n) is 5.59. The van der Waals surface area contributed by atoms with E-state index in [2.05, 4.69) is 73.6 Å². The molecule has 4 heterocycles. The Morgan fingerprint density at radius 1 is 1.08 bits per heavy atom. The number of aromatic amines is 1. The van der Waals surface area contributed by atoms with Crippen molar-refractivity contribution in [1.29, 1.82) is 0 Å². The normalized spacial score (nSPS) is 19.5. The zero-order chi connectivity index (χ0) is 25.2.